The fourth-order valence-corrected chi connectivity index (χ4v) is 3.94. The number of halogens is 6. The highest BCUT2D eigenvalue weighted by Gasteiger charge is 2.62. The minimum atomic E-state index is -5.08. The summed E-state index contributed by atoms with van der Waals surface area (Å²) < 4.78 is 75.9. The predicted molar refractivity (Wildman–Crippen MR) is 91.0 cm³/mol. The van der Waals surface area contributed by atoms with Crippen LogP contribution in [0, 0.1) is 5.92 Å². The van der Waals surface area contributed by atoms with Crippen molar-refractivity contribution in [3.05, 3.63) is 29.8 Å². The van der Waals surface area contributed by atoms with Gasteiger partial charge in [0.15, 0.2) is 0 Å². The molecular weight excluding hydrogens is 438 g/mol. The van der Waals surface area contributed by atoms with Gasteiger partial charge in [0.05, 0.1) is 11.3 Å². The average Bonchev–Trinajstić information content (AvgIpc) is 2.91. The molecule has 1 atom stereocenters. The lowest BCUT2D eigenvalue weighted by Gasteiger charge is -2.48. The summed E-state index contributed by atoms with van der Waals surface area (Å²) >= 11 is 0. The second kappa shape index (κ2) is 7.70. The van der Waals surface area contributed by atoms with Gasteiger partial charge >= 0.3 is 24.4 Å². The van der Waals surface area contributed by atoms with Gasteiger partial charge in [-0.3, -0.25) is 9.69 Å². The van der Waals surface area contributed by atoms with Crippen LogP contribution in [0.2, 0.25) is 0 Å². The van der Waals surface area contributed by atoms with Gasteiger partial charge in [-0.1, -0.05) is 6.07 Å². The second-order valence-corrected chi connectivity index (χ2v) is 7.30. The normalized spacial score (nSPS) is 27.7. The molecule has 0 saturated carbocycles. The zero-order valence-electron chi connectivity index (χ0n) is 15.7. The molecule has 5 rings (SSSR count). The quantitative estimate of drug-likeness (QED) is 0.656. The Morgan fingerprint density at radius 3 is 2.13 bits per heavy atom. The maximum Gasteiger partial charge on any atom is 0.490 e. The van der Waals surface area contributed by atoms with Crippen LogP contribution in [0.4, 0.5) is 36.8 Å². The van der Waals surface area contributed by atoms with E-state index in [0.717, 1.165) is 43.0 Å². The minimum Gasteiger partial charge on any atom is -0.475 e. The van der Waals surface area contributed by atoms with Crippen LogP contribution in [0.25, 0.3) is 0 Å². The van der Waals surface area contributed by atoms with Gasteiger partial charge in [0.25, 0.3) is 5.91 Å². The molecular formula is C18H16F6N2O5. The number of fused-ring (bicyclic) bond motifs is 2. The number of imide groups is 1. The molecule has 4 fully saturated rings. The molecule has 1 aromatic carbocycles. The van der Waals surface area contributed by atoms with Crippen molar-refractivity contribution in [1.82, 2.24) is 4.90 Å². The molecule has 13 heteroatoms. The van der Waals surface area contributed by atoms with E-state index in [0.29, 0.717) is 6.54 Å². The molecule has 1 N–H and O–H groups in total. The number of benzene rings is 1. The number of anilines is 1. The van der Waals surface area contributed by atoms with Crippen molar-refractivity contribution >= 4 is 23.7 Å². The number of ether oxygens (including phenoxy) is 1. The standard InChI is InChI=1S/C16H15F3N2O3.C2HF3O2/c17-16(18,19)11-2-1-3-12(8-11)21-13(22)15(24-14(21)23)9-20-6-4-10(15)5-7-20;3-2(4,5)1(6)7/h1-3,8,10H,4-7,9H2;(H,6,7). The molecule has 1 spiro atoms. The van der Waals surface area contributed by atoms with E-state index < -0.39 is 41.5 Å². The van der Waals surface area contributed by atoms with Gasteiger partial charge in [-0.15, -0.1) is 0 Å². The summed E-state index contributed by atoms with van der Waals surface area (Å²) in [6.07, 6.45) is -9.03. The molecule has 7 nitrogen and oxygen atoms in total. The van der Waals surface area contributed by atoms with Crippen molar-refractivity contribution in [3.63, 3.8) is 0 Å². The molecule has 4 heterocycles. The van der Waals surface area contributed by atoms with Crippen LogP contribution in [0.15, 0.2) is 24.3 Å². The number of carboxylic acids is 1. The Morgan fingerprint density at radius 1 is 1.10 bits per heavy atom. The molecule has 1 unspecified atom stereocenters. The number of hydrogen-bond acceptors (Lipinski definition) is 5. The maximum absolute atomic E-state index is 12.9. The lowest BCUT2D eigenvalue weighted by molar-refractivity contribution is -0.192. The highest BCUT2D eigenvalue weighted by molar-refractivity contribution is 6.20. The fraction of sp³-hybridized carbons (Fsp3) is 0.500. The van der Waals surface area contributed by atoms with Crippen LogP contribution in [0.5, 0.6) is 0 Å². The van der Waals surface area contributed by atoms with E-state index in [4.69, 9.17) is 14.6 Å². The van der Waals surface area contributed by atoms with Crippen molar-refractivity contribution in [2.45, 2.75) is 30.8 Å². The third-order valence-electron chi connectivity index (χ3n) is 5.40. The van der Waals surface area contributed by atoms with Crippen LogP contribution in [0.3, 0.4) is 0 Å². The Balaban J connectivity index is 0.000000339. The van der Waals surface area contributed by atoms with Crippen molar-refractivity contribution in [3.8, 4) is 0 Å². The van der Waals surface area contributed by atoms with Gasteiger partial charge < -0.3 is 9.84 Å². The first-order chi connectivity index (χ1) is 14.3. The number of alkyl halides is 6. The Bertz CT molecular complexity index is 894. The van der Waals surface area contributed by atoms with Crippen LogP contribution in [0.1, 0.15) is 18.4 Å². The number of carboxylic acid groups (broad SMARTS) is 1. The Morgan fingerprint density at radius 2 is 1.68 bits per heavy atom. The van der Waals surface area contributed by atoms with E-state index in [-0.39, 0.29) is 11.6 Å². The first kappa shape index (κ1) is 22.8. The summed E-state index contributed by atoms with van der Waals surface area (Å²) in [5.41, 5.74) is -2.26. The van der Waals surface area contributed by atoms with E-state index >= 15 is 0 Å². The smallest absolute Gasteiger partial charge is 0.475 e. The topological polar surface area (TPSA) is 87.1 Å². The SMILES string of the molecule is O=C(O)C(F)(F)F.O=C1OC2(CN3CCC2CC3)C(=O)N1c1cccc(C(F)(F)F)c1. The van der Waals surface area contributed by atoms with Crippen molar-refractivity contribution < 1.29 is 50.6 Å². The van der Waals surface area contributed by atoms with Crippen molar-refractivity contribution in [1.29, 1.82) is 0 Å². The summed E-state index contributed by atoms with van der Waals surface area (Å²) in [6.45, 7) is 2.01. The molecule has 1 aromatic rings. The molecule has 0 aromatic heterocycles. The minimum absolute atomic E-state index is 0.0743. The van der Waals surface area contributed by atoms with Crippen molar-refractivity contribution in [2.75, 3.05) is 24.5 Å². The molecule has 4 aliphatic heterocycles. The second-order valence-electron chi connectivity index (χ2n) is 7.30. The van der Waals surface area contributed by atoms with Crippen LogP contribution in [-0.4, -0.2) is 59.4 Å². The number of carbonyl (C=O) groups is 3. The number of piperidine rings is 3. The lowest BCUT2D eigenvalue weighted by atomic mass is 9.75. The third kappa shape index (κ3) is 4.31. The van der Waals surface area contributed by atoms with Gasteiger partial charge in [0, 0.05) is 12.5 Å². The fourth-order valence-electron chi connectivity index (χ4n) is 3.94. The number of nitrogens with zero attached hydrogens (tertiary/aromatic N) is 2. The monoisotopic (exact) mass is 454 g/mol. The molecule has 2 amide bonds. The molecule has 4 saturated heterocycles. The first-order valence-corrected chi connectivity index (χ1v) is 9.03. The summed E-state index contributed by atoms with van der Waals surface area (Å²) in [5, 5.41) is 7.12. The first-order valence-electron chi connectivity index (χ1n) is 9.03. The summed E-state index contributed by atoms with van der Waals surface area (Å²) in [5.74, 6) is -3.39. The third-order valence-corrected chi connectivity index (χ3v) is 5.40. The summed E-state index contributed by atoms with van der Waals surface area (Å²) in [7, 11) is 0. The van der Waals surface area contributed by atoms with E-state index in [2.05, 4.69) is 4.90 Å². The highest BCUT2D eigenvalue weighted by Crippen LogP contribution is 2.44. The van der Waals surface area contributed by atoms with E-state index in [1.165, 1.54) is 12.1 Å². The molecule has 31 heavy (non-hydrogen) atoms. The zero-order chi connectivity index (χ0) is 23.2. The Hall–Kier alpha value is -2.83. The van der Waals surface area contributed by atoms with E-state index in [1.54, 1.807) is 0 Å². The number of aliphatic carboxylic acids is 1. The van der Waals surface area contributed by atoms with Gasteiger partial charge in [-0.25, -0.2) is 14.5 Å². The van der Waals surface area contributed by atoms with Crippen molar-refractivity contribution in [2.24, 2.45) is 5.92 Å². The maximum atomic E-state index is 12.9. The molecule has 170 valence electrons. The van der Waals surface area contributed by atoms with Gasteiger partial charge in [-0.05, 0) is 44.1 Å². The Labute approximate surface area is 171 Å². The molecule has 4 aliphatic rings. The predicted octanol–water partition coefficient (Wildman–Crippen LogP) is 3.29. The molecule has 0 aliphatic carbocycles. The lowest BCUT2D eigenvalue weighted by Crippen LogP contribution is -2.63. The van der Waals surface area contributed by atoms with Gasteiger partial charge in [-0.2, -0.15) is 26.3 Å². The van der Waals surface area contributed by atoms with E-state index in [1.807, 2.05) is 0 Å². The number of amides is 2. The molecule has 0 radical (unpaired) electrons. The summed E-state index contributed by atoms with van der Waals surface area (Å²) in [4.78, 5) is 36.9. The zero-order valence-corrected chi connectivity index (χ0v) is 15.7. The largest absolute Gasteiger partial charge is 0.490 e. The van der Waals surface area contributed by atoms with Crippen LogP contribution < -0.4 is 4.90 Å². The van der Waals surface area contributed by atoms with E-state index in [9.17, 15) is 35.9 Å². The number of carbonyl (C=O) groups excluding carboxylic acids is 2. The van der Waals surface area contributed by atoms with Crippen LogP contribution >= 0.6 is 0 Å². The number of rotatable bonds is 1. The van der Waals surface area contributed by atoms with Gasteiger partial charge in [0.2, 0.25) is 5.60 Å². The van der Waals surface area contributed by atoms with Gasteiger partial charge in [0.1, 0.15) is 0 Å². The molecule has 2 bridgehead atoms. The summed E-state index contributed by atoms with van der Waals surface area (Å²) in [6, 6.07) is 4.20. The average molecular weight is 454 g/mol. The Kier molecular flexibility index (Phi) is 5.67. The number of hydrogen-bond donors (Lipinski definition) is 1. The van der Waals surface area contributed by atoms with Crippen LogP contribution in [-0.2, 0) is 20.5 Å². The highest BCUT2D eigenvalue weighted by atomic mass is 19.4.